The first-order valence-corrected chi connectivity index (χ1v) is 9.47. The summed E-state index contributed by atoms with van der Waals surface area (Å²) in [5.74, 6) is 0.652. The molecule has 1 heterocycles. The number of sulfonamides is 1. The molecular formula is C17H16N4O5S. The minimum Gasteiger partial charge on any atom is -0.421 e. The summed E-state index contributed by atoms with van der Waals surface area (Å²) < 4.78 is 32.5. The first kappa shape index (κ1) is 18.7. The van der Waals surface area contributed by atoms with Crippen molar-refractivity contribution in [3.63, 3.8) is 0 Å². The number of aromatic nitrogens is 2. The molecule has 0 unspecified atom stereocenters. The van der Waals surface area contributed by atoms with Gasteiger partial charge in [0.2, 0.25) is 21.8 Å². The largest absolute Gasteiger partial charge is 0.421 e. The smallest absolute Gasteiger partial charge is 0.270 e. The Balaban J connectivity index is 1.65. The second-order valence-corrected chi connectivity index (χ2v) is 7.49. The number of hydrogen-bond donors (Lipinski definition) is 1. The molecule has 1 N–H and O–H groups in total. The van der Waals surface area contributed by atoms with Gasteiger partial charge >= 0.3 is 0 Å². The minimum absolute atomic E-state index is 0.0143. The van der Waals surface area contributed by atoms with Gasteiger partial charge in [-0.25, -0.2) is 13.1 Å². The number of aryl methyl sites for hydroxylation is 1. The first-order chi connectivity index (χ1) is 12.9. The molecule has 0 aliphatic carbocycles. The molecule has 0 aliphatic heterocycles. The van der Waals surface area contributed by atoms with Crippen LogP contribution < -0.4 is 4.72 Å². The van der Waals surface area contributed by atoms with Gasteiger partial charge in [-0.05, 0) is 24.6 Å². The zero-order valence-electron chi connectivity index (χ0n) is 14.3. The lowest BCUT2D eigenvalue weighted by Gasteiger charge is -2.05. The van der Waals surface area contributed by atoms with Gasteiger partial charge < -0.3 is 4.42 Å². The molecule has 0 fully saturated rings. The molecule has 27 heavy (non-hydrogen) atoms. The summed E-state index contributed by atoms with van der Waals surface area (Å²) in [4.78, 5) is 9.96. The van der Waals surface area contributed by atoms with Crippen molar-refractivity contribution in [1.29, 1.82) is 0 Å². The van der Waals surface area contributed by atoms with E-state index < -0.39 is 14.9 Å². The summed E-state index contributed by atoms with van der Waals surface area (Å²) in [6, 6.07) is 12.4. The Morgan fingerprint density at radius 3 is 2.67 bits per heavy atom. The molecule has 0 saturated carbocycles. The third-order valence-electron chi connectivity index (χ3n) is 3.81. The molecule has 0 radical (unpaired) electrons. The van der Waals surface area contributed by atoms with Crippen LogP contribution in [0.15, 0.2) is 57.8 Å². The standard InChI is InChI=1S/C17H16N4O5S/c1-12-5-2-3-8-15(12)17-20-19-16(26-17)9-10-18-27(24,25)14-7-4-6-13(11-14)21(22)23/h2-8,11,18H,9-10H2,1H3. The van der Waals surface area contributed by atoms with Crippen LogP contribution in [0.3, 0.4) is 0 Å². The highest BCUT2D eigenvalue weighted by Crippen LogP contribution is 2.21. The SMILES string of the molecule is Cc1ccccc1-c1nnc(CCNS(=O)(=O)c2cccc([N+](=O)[O-])c2)o1. The average Bonchev–Trinajstić information content (AvgIpc) is 3.10. The fraction of sp³-hybridized carbons (Fsp3) is 0.176. The van der Waals surface area contributed by atoms with E-state index in [0.29, 0.717) is 5.89 Å². The van der Waals surface area contributed by atoms with Gasteiger partial charge in [-0.2, -0.15) is 0 Å². The molecule has 0 bridgehead atoms. The Morgan fingerprint density at radius 2 is 1.93 bits per heavy atom. The number of benzene rings is 2. The van der Waals surface area contributed by atoms with E-state index in [1.807, 2.05) is 31.2 Å². The highest BCUT2D eigenvalue weighted by atomic mass is 32.2. The van der Waals surface area contributed by atoms with Crippen LogP contribution in [-0.2, 0) is 16.4 Å². The number of nitro benzene ring substituents is 1. The molecule has 3 aromatic rings. The molecule has 1 aromatic heterocycles. The molecule has 140 valence electrons. The van der Waals surface area contributed by atoms with E-state index in [1.165, 1.54) is 18.2 Å². The number of non-ortho nitro benzene ring substituents is 1. The van der Waals surface area contributed by atoms with Gasteiger partial charge in [-0.15, -0.1) is 10.2 Å². The molecule has 0 saturated heterocycles. The number of rotatable bonds is 7. The normalized spacial score (nSPS) is 11.4. The van der Waals surface area contributed by atoms with E-state index in [4.69, 9.17) is 4.42 Å². The van der Waals surface area contributed by atoms with Gasteiger partial charge in [0.25, 0.3) is 5.69 Å². The van der Waals surface area contributed by atoms with Crippen LogP contribution in [0.25, 0.3) is 11.5 Å². The highest BCUT2D eigenvalue weighted by Gasteiger charge is 2.18. The molecule has 0 atom stereocenters. The molecular weight excluding hydrogens is 372 g/mol. The number of hydrogen-bond acceptors (Lipinski definition) is 7. The van der Waals surface area contributed by atoms with E-state index in [2.05, 4.69) is 14.9 Å². The summed E-state index contributed by atoms with van der Waals surface area (Å²) in [6.45, 7) is 1.94. The van der Waals surface area contributed by atoms with Gasteiger partial charge in [-0.1, -0.05) is 24.3 Å². The Labute approximate surface area is 155 Å². The first-order valence-electron chi connectivity index (χ1n) is 7.99. The molecule has 0 spiro atoms. The lowest BCUT2D eigenvalue weighted by molar-refractivity contribution is -0.385. The Kier molecular flexibility index (Phi) is 5.28. The molecule has 3 rings (SSSR count). The molecule has 0 aliphatic rings. The minimum atomic E-state index is -3.88. The van der Waals surface area contributed by atoms with Gasteiger partial charge in [0, 0.05) is 30.7 Å². The van der Waals surface area contributed by atoms with Gasteiger partial charge in [0.05, 0.1) is 9.82 Å². The number of nitrogens with zero attached hydrogens (tertiary/aromatic N) is 3. The topological polar surface area (TPSA) is 128 Å². The van der Waals surface area contributed by atoms with Crippen LogP contribution in [0.2, 0.25) is 0 Å². The van der Waals surface area contributed by atoms with Crippen LogP contribution in [0.4, 0.5) is 5.69 Å². The maximum Gasteiger partial charge on any atom is 0.270 e. The fourth-order valence-electron chi connectivity index (χ4n) is 2.42. The van der Waals surface area contributed by atoms with Crippen LogP contribution in [0.1, 0.15) is 11.5 Å². The van der Waals surface area contributed by atoms with E-state index in [1.54, 1.807) is 0 Å². The third-order valence-corrected chi connectivity index (χ3v) is 5.27. The fourth-order valence-corrected chi connectivity index (χ4v) is 3.49. The predicted molar refractivity (Wildman–Crippen MR) is 96.5 cm³/mol. The van der Waals surface area contributed by atoms with Crippen molar-refractivity contribution in [3.05, 3.63) is 70.1 Å². The van der Waals surface area contributed by atoms with Crippen LogP contribution in [-0.4, -0.2) is 30.1 Å². The van der Waals surface area contributed by atoms with E-state index >= 15 is 0 Å². The van der Waals surface area contributed by atoms with Crippen LogP contribution in [0.5, 0.6) is 0 Å². The zero-order valence-corrected chi connectivity index (χ0v) is 15.1. The lowest BCUT2D eigenvalue weighted by atomic mass is 10.1. The molecule has 10 heteroatoms. The Hall–Kier alpha value is -3.11. The van der Waals surface area contributed by atoms with Gasteiger partial charge in [0.15, 0.2) is 0 Å². The van der Waals surface area contributed by atoms with E-state index in [9.17, 15) is 18.5 Å². The van der Waals surface area contributed by atoms with E-state index in [-0.39, 0.29) is 29.4 Å². The van der Waals surface area contributed by atoms with Gasteiger partial charge in [-0.3, -0.25) is 10.1 Å². The second kappa shape index (κ2) is 7.64. The van der Waals surface area contributed by atoms with Gasteiger partial charge in [0.1, 0.15) is 0 Å². The maximum atomic E-state index is 12.3. The molecule has 2 aromatic carbocycles. The summed E-state index contributed by atoms with van der Waals surface area (Å²) in [5, 5.41) is 18.7. The summed E-state index contributed by atoms with van der Waals surface area (Å²) in [5.41, 5.74) is 1.50. The number of nitrogens with one attached hydrogen (secondary N) is 1. The molecule has 9 nitrogen and oxygen atoms in total. The predicted octanol–water partition coefficient (Wildman–Crippen LogP) is 2.47. The lowest BCUT2D eigenvalue weighted by Crippen LogP contribution is -2.26. The van der Waals surface area contributed by atoms with Crippen molar-refractivity contribution in [1.82, 2.24) is 14.9 Å². The van der Waals surface area contributed by atoms with Crippen molar-refractivity contribution < 1.29 is 17.8 Å². The van der Waals surface area contributed by atoms with Crippen molar-refractivity contribution in [2.45, 2.75) is 18.2 Å². The monoisotopic (exact) mass is 388 g/mol. The summed E-state index contributed by atoms with van der Waals surface area (Å²) in [7, 11) is -3.88. The maximum absolute atomic E-state index is 12.3. The average molecular weight is 388 g/mol. The summed E-state index contributed by atoms with van der Waals surface area (Å²) in [6.07, 6.45) is 0.188. The molecule has 0 amide bonds. The zero-order chi connectivity index (χ0) is 19.4. The van der Waals surface area contributed by atoms with Crippen molar-refractivity contribution in [2.75, 3.05) is 6.54 Å². The third kappa shape index (κ3) is 4.36. The van der Waals surface area contributed by atoms with Crippen molar-refractivity contribution in [3.8, 4) is 11.5 Å². The number of nitro groups is 1. The Bertz CT molecular complexity index is 1080. The summed E-state index contributed by atoms with van der Waals surface area (Å²) >= 11 is 0. The quantitative estimate of drug-likeness (QED) is 0.486. The highest BCUT2D eigenvalue weighted by molar-refractivity contribution is 7.89. The second-order valence-electron chi connectivity index (χ2n) is 5.72. The van der Waals surface area contributed by atoms with E-state index in [0.717, 1.165) is 17.2 Å². The Morgan fingerprint density at radius 1 is 1.15 bits per heavy atom. The van der Waals surface area contributed by atoms with Crippen molar-refractivity contribution in [2.24, 2.45) is 0 Å². The van der Waals surface area contributed by atoms with Crippen LogP contribution >= 0.6 is 0 Å². The van der Waals surface area contributed by atoms with Crippen molar-refractivity contribution >= 4 is 15.7 Å². The van der Waals surface area contributed by atoms with Crippen LogP contribution in [0, 0.1) is 17.0 Å².